The molecule has 0 aliphatic carbocycles. The average molecular weight is 460 g/mol. The SMILES string of the molecule is COc1cc(C=Cc2ccccc2NC(=O)/C=C/c2ccc([N+](=O)[O-])cc2)cc(OC)c1OC. The van der Waals surface area contributed by atoms with Gasteiger partial charge in [0.1, 0.15) is 0 Å². The van der Waals surface area contributed by atoms with E-state index < -0.39 is 4.92 Å². The van der Waals surface area contributed by atoms with Gasteiger partial charge in [-0.3, -0.25) is 14.9 Å². The summed E-state index contributed by atoms with van der Waals surface area (Å²) in [5, 5.41) is 13.6. The van der Waals surface area contributed by atoms with Crippen LogP contribution < -0.4 is 19.5 Å². The maximum Gasteiger partial charge on any atom is 0.269 e. The van der Waals surface area contributed by atoms with Gasteiger partial charge in [-0.2, -0.15) is 0 Å². The van der Waals surface area contributed by atoms with Gasteiger partial charge in [0.25, 0.3) is 5.69 Å². The molecule has 8 heteroatoms. The number of rotatable bonds is 9. The van der Waals surface area contributed by atoms with Gasteiger partial charge in [-0.25, -0.2) is 0 Å². The van der Waals surface area contributed by atoms with Crippen molar-refractivity contribution in [2.45, 2.75) is 0 Å². The number of ether oxygens (including phenoxy) is 3. The summed E-state index contributed by atoms with van der Waals surface area (Å²) in [6, 6.07) is 17.0. The Kier molecular flexibility index (Phi) is 8.02. The van der Waals surface area contributed by atoms with E-state index in [1.807, 2.05) is 42.5 Å². The Bertz CT molecular complexity index is 1210. The Morgan fingerprint density at radius 1 is 0.853 bits per heavy atom. The zero-order chi connectivity index (χ0) is 24.5. The van der Waals surface area contributed by atoms with Crippen molar-refractivity contribution in [2.75, 3.05) is 26.6 Å². The number of nitro benzene ring substituents is 1. The van der Waals surface area contributed by atoms with Crippen molar-refractivity contribution in [1.82, 2.24) is 0 Å². The molecule has 0 radical (unpaired) electrons. The molecule has 1 amide bonds. The lowest BCUT2D eigenvalue weighted by Gasteiger charge is -2.13. The minimum atomic E-state index is -0.469. The van der Waals surface area contributed by atoms with Crippen molar-refractivity contribution in [2.24, 2.45) is 0 Å². The van der Waals surface area contributed by atoms with E-state index in [0.29, 0.717) is 28.5 Å². The van der Waals surface area contributed by atoms with Crippen LogP contribution >= 0.6 is 0 Å². The first-order valence-electron chi connectivity index (χ1n) is 10.3. The number of nitro groups is 1. The van der Waals surface area contributed by atoms with E-state index in [1.165, 1.54) is 18.2 Å². The number of methoxy groups -OCH3 is 3. The fourth-order valence-electron chi connectivity index (χ4n) is 3.19. The molecule has 0 atom stereocenters. The molecule has 0 bridgehead atoms. The van der Waals surface area contributed by atoms with Gasteiger partial charge in [-0.15, -0.1) is 0 Å². The zero-order valence-electron chi connectivity index (χ0n) is 19.0. The third kappa shape index (κ3) is 6.01. The minimum absolute atomic E-state index is 0.00517. The summed E-state index contributed by atoms with van der Waals surface area (Å²) in [5.74, 6) is 1.26. The summed E-state index contributed by atoms with van der Waals surface area (Å²) >= 11 is 0. The van der Waals surface area contributed by atoms with E-state index >= 15 is 0 Å². The van der Waals surface area contributed by atoms with Crippen LogP contribution in [-0.4, -0.2) is 32.2 Å². The van der Waals surface area contributed by atoms with Gasteiger partial charge in [0.15, 0.2) is 11.5 Å². The third-order valence-corrected chi connectivity index (χ3v) is 4.89. The highest BCUT2D eigenvalue weighted by Gasteiger charge is 2.12. The standard InChI is InChI=1S/C26H24N2O6/c1-32-23-16-19(17-24(33-2)26(23)34-3)8-12-20-6-4-5-7-22(20)27-25(29)15-11-18-9-13-21(14-10-18)28(30)31/h4-17H,1-3H3,(H,27,29)/b12-8?,15-11+. The number of hydrogen-bond donors (Lipinski definition) is 1. The van der Waals surface area contributed by atoms with Crippen LogP contribution in [0.1, 0.15) is 16.7 Å². The molecular weight excluding hydrogens is 436 g/mol. The first kappa shape index (κ1) is 24.1. The molecule has 0 saturated heterocycles. The van der Waals surface area contributed by atoms with Crippen LogP contribution in [0.3, 0.4) is 0 Å². The Morgan fingerprint density at radius 3 is 2.09 bits per heavy atom. The number of para-hydroxylation sites is 1. The quantitative estimate of drug-likeness (QED) is 0.197. The molecule has 34 heavy (non-hydrogen) atoms. The highest BCUT2D eigenvalue weighted by atomic mass is 16.6. The largest absolute Gasteiger partial charge is 0.493 e. The van der Waals surface area contributed by atoms with Gasteiger partial charge in [-0.1, -0.05) is 30.4 Å². The lowest BCUT2D eigenvalue weighted by molar-refractivity contribution is -0.384. The normalized spacial score (nSPS) is 10.9. The van der Waals surface area contributed by atoms with Gasteiger partial charge in [0.2, 0.25) is 11.7 Å². The van der Waals surface area contributed by atoms with E-state index in [9.17, 15) is 14.9 Å². The number of non-ortho nitro benzene ring substituents is 1. The predicted molar refractivity (Wildman–Crippen MR) is 132 cm³/mol. The Labute approximate surface area is 197 Å². The smallest absolute Gasteiger partial charge is 0.269 e. The van der Waals surface area contributed by atoms with Crippen molar-refractivity contribution in [1.29, 1.82) is 0 Å². The Hall–Kier alpha value is -4.59. The second-order valence-electron chi connectivity index (χ2n) is 7.05. The first-order chi connectivity index (χ1) is 16.4. The van der Waals surface area contributed by atoms with Gasteiger partial charge in [0.05, 0.1) is 26.3 Å². The summed E-state index contributed by atoms with van der Waals surface area (Å²) in [6.45, 7) is 0. The molecule has 3 rings (SSSR count). The highest BCUT2D eigenvalue weighted by molar-refractivity contribution is 6.03. The van der Waals surface area contributed by atoms with Crippen molar-refractivity contribution in [3.05, 3.63) is 93.5 Å². The molecule has 0 heterocycles. The second kappa shape index (κ2) is 11.3. The molecule has 0 aliphatic rings. The summed E-state index contributed by atoms with van der Waals surface area (Å²) in [5.41, 5.74) is 2.93. The van der Waals surface area contributed by atoms with E-state index in [2.05, 4.69) is 5.32 Å². The van der Waals surface area contributed by atoms with Crippen molar-refractivity contribution in [3.8, 4) is 17.2 Å². The van der Waals surface area contributed by atoms with Crippen molar-refractivity contribution >= 4 is 35.5 Å². The lowest BCUT2D eigenvalue weighted by atomic mass is 10.1. The van der Waals surface area contributed by atoms with Crippen LogP contribution in [0.25, 0.3) is 18.2 Å². The lowest BCUT2D eigenvalue weighted by Crippen LogP contribution is -2.08. The number of nitrogens with one attached hydrogen (secondary N) is 1. The molecule has 1 N–H and O–H groups in total. The van der Waals surface area contributed by atoms with Crippen LogP contribution in [0.15, 0.2) is 66.7 Å². The van der Waals surface area contributed by atoms with Crippen LogP contribution in [-0.2, 0) is 4.79 Å². The number of carbonyl (C=O) groups is 1. The number of benzene rings is 3. The number of nitrogens with zero attached hydrogens (tertiary/aromatic N) is 1. The van der Waals surface area contributed by atoms with E-state index in [0.717, 1.165) is 11.1 Å². The van der Waals surface area contributed by atoms with E-state index in [1.54, 1.807) is 45.6 Å². The average Bonchev–Trinajstić information content (AvgIpc) is 2.86. The molecule has 3 aromatic rings. The molecule has 0 fully saturated rings. The monoisotopic (exact) mass is 460 g/mol. The maximum absolute atomic E-state index is 12.4. The van der Waals surface area contributed by atoms with Crippen LogP contribution in [0.2, 0.25) is 0 Å². The maximum atomic E-state index is 12.4. The molecule has 0 saturated carbocycles. The van der Waals surface area contributed by atoms with E-state index in [-0.39, 0.29) is 11.6 Å². The minimum Gasteiger partial charge on any atom is -0.493 e. The molecule has 0 aliphatic heterocycles. The van der Waals surface area contributed by atoms with E-state index in [4.69, 9.17) is 14.2 Å². The molecule has 0 aromatic heterocycles. The van der Waals surface area contributed by atoms with Gasteiger partial charge >= 0.3 is 0 Å². The van der Waals surface area contributed by atoms with Gasteiger partial charge < -0.3 is 19.5 Å². The number of amides is 1. The molecule has 8 nitrogen and oxygen atoms in total. The Morgan fingerprint density at radius 2 is 1.50 bits per heavy atom. The van der Waals surface area contributed by atoms with Crippen LogP contribution in [0.5, 0.6) is 17.2 Å². The fraction of sp³-hybridized carbons (Fsp3) is 0.115. The Balaban J connectivity index is 1.76. The summed E-state index contributed by atoms with van der Waals surface area (Å²) in [7, 11) is 4.66. The molecule has 174 valence electrons. The number of hydrogen-bond acceptors (Lipinski definition) is 6. The van der Waals surface area contributed by atoms with Crippen LogP contribution in [0, 0.1) is 10.1 Å². The topological polar surface area (TPSA) is 99.9 Å². The van der Waals surface area contributed by atoms with Gasteiger partial charge in [0, 0.05) is 23.9 Å². The summed E-state index contributed by atoms with van der Waals surface area (Å²) in [6.07, 6.45) is 6.72. The molecule has 0 unspecified atom stereocenters. The van der Waals surface area contributed by atoms with Crippen molar-refractivity contribution < 1.29 is 23.9 Å². The first-order valence-corrected chi connectivity index (χ1v) is 10.3. The fourth-order valence-corrected chi connectivity index (χ4v) is 3.19. The molecule has 3 aromatic carbocycles. The summed E-state index contributed by atoms with van der Waals surface area (Å²) < 4.78 is 16.1. The number of anilines is 1. The number of carbonyl (C=O) groups excluding carboxylic acids is 1. The summed E-state index contributed by atoms with van der Waals surface area (Å²) in [4.78, 5) is 22.7. The highest BCUT2D eigenvalue weighted by Crippen LogP contribution is 2.38. The van der Waals surface area contributed by atoms with Crippen molar-refractivity contribution in [3.63, 3.8) is 0 Å². The third-order valence-electron chi connectivity index (χ3n) is 4.89. The van der Waals surface area contributed by atoms with Gasteiger partial charge in [-0.05, 0) is 53.1 Å². The predicted octanol–water partition coefficient (Wildman–Crippen LogP) is 5.44. The zero-order valence-corrected chi connectivity index (χ0v) is 19.0. The molecular formula is C26H24N2O6. The van der Waals surface area contributed by atoms with Crippen LogP contribution in [0.4, 0.5) is 11.4 Å². The molecule has 0 spiro atoms. The second-order valence-corrected chi connectivity index (χ2v) is 7.05.